The molecule has 11 heteroatoms. The highest BCUT2D eigenvalue weighted by molar-refractivity contribution is 5.95. The van der Waals surface area contributed by atoms with E-state index in [-0.39, 0.29) is 18.8 Å². The number of carbonyl (C=O) groups is 3. The van der Waals surface area contributed by atoms with Crippen LogP contribution in [-0.2, 0) is 14.3 Å². The van der Waals surface area contributed by atoms with Gasteiger partial charge in [0.15, 0.2) is 18.1 Å². The first-order valence-corrected chi connectivity index (χ1v) is 11.1. The van der Waals surface area contributed by atoms with E-state index in [4.69, 9.17) is 18.9 Å². The van der Waals surface area contributed by atoms with Crippen LogP contribution in [0.4, 0.5) is 4.79 Å². The molecular formula is C25H28N4O7. The third kappa shape index (κ3) is 6.53. The minimum atomic E-state index is -0.753. The summed E-state index contributed by atoms with van der Waals surface area (Å²) in [5, 5.41) is 9.22. The molecule has 1 aliphatic heterocycles. The molecule has 1 aliphatic rings. The smallest absolute Gasteiger partial charge is 0.338 e. The zero-order valence-electron chi connectivity index (χ0n) is 20.4. The van der Waals surface area contributed by atoms with E-state index < -0.39 is 23.9 Å². The Hall–Kier alpha value is -4.54. The van der Waals surface area contributed by atoms with Crippen LogP contribution in [-0.4, -0.2) is 51.6 Å². The number of urea groups is 1. The fraction of sp³-hybridized carbons (Fsp3) is 0.280. The maximum atomic E-state index is 12.5. The van der Waals surface area contributed by atoms with Crippen LogP contribution in [0.15, 0.2) is 58.8 Å². The molecule has 0 radical (unpaired) electrons. The number of hydrazone groups is 1. The van der Waals surface area contributed by atoms with Crippen molar-refractivity contribution >= 4 is 24.1 Å². The van der Waals surface area contributed by atoms with Crippen molar-refractivity contribution in [3.8, 4) is 17.2 Å². The lowest BCUT2D eigenvalue weighted by Crippen LogP contribution is -2.45. The van der Waals surface area contributed by atoms with Crippen molar-refractivity contribution in [3.05, 3.63) is 64.9 Å². The molecule has 0 aromatic heterocycles. The molecule has 2 aromatic carbocycles. The molecule has 3 amide bonds. The van der Waals surface area contributed by atoms with E-state index in [1.807, 2.05) is 0 Å². The van der Waals surface area contributed by atoms with Gasteiger partial charge in [-0.25, -0.2) is 15.0 Å². The summed E-state index contributed by atoms with van der Waals surface area (Å²) >= 11 is 0. The number of methoxy groups -OCH3 is 2. The van der Waals surface area contributed by atoms with E-state index >= 15 is 0 Å². The minimum Gasteiger partial charge on any atom is -0.497 e. The molecule has 0 saturated heterocycles. The van der Waals surface area contributed by atoms with Crippen LogP contribution >= 0.6 is 0 Å². The van der Waals surface area contributed by atoms with Crippen molar-refractivity contribution in [1.29, 1.82) is 0 Å². The van der Waals surface area contributed by atoms with Gasteiger partial charge in [0.1, 0.15) is 5.75 Å². The first-order chi connectivity index (χ1) is 17.4. The standard InChI is InChI=1S/C25H28N4O7/c1-5-35-24(31)22-15(2)27-25(32)28-23(22)17-8-11-19(20(12-17)34-4)36-14-21(30)29-26-13-16-6-9-18(33-3)10-7-16/h6-13,23H,5,14H2,1-4H3,(H,29,30)(H2,27,28,32)/b26-13-/t23-/m1/s1. The van der Waals surface area contributed by atoms with Crippen LogP contribution in [0.2, 0.25) is 0 Å². The van der Waals surface area contributed by atoms with Gasteiger partial charge in [-0.1, -0.05) is 6.07 Å². The summed E-state index contributed by atoms with van der Waals surface area (Å²) in [4.78, 5) is 36.7. The van der Waals surface area contributed by atoms with Gasteiger partial charge in [-0.05, 0) is 61.4 Å². The van der Waals surface area contributed by atoms with Gasteiger partial charge in [-0.15, -0.1) is 0 Å². The van der Waals surface area contributed by atoms with Gasteiger partial charge in [0.2, 0.25) is 0 Å². The third-order valence-electron chi connectivity index (χ3n) is 5.16. The number of benzene rings is 2. The van der Waals surface area contributed by atoms with Crippen LogP contribution < -0.4 is 30.3 Å². The number of amides is 3. The quantitative estimate of drug-likeness (QED) is 0.261. The molecule has 1 heterocycles. The zero-order chi connectivity index (χ0) is 26.1. The van der Waals surface area contributed by atoms with Crippen LogP contribution in [0.25, 0.3) is 0 Å². The SMILES string of the molecule is CCOC(=O)C1=C(C)NC(=O)N[C@@H]1c1ccc(OCC(=O)N/N=C\c2ccc(OC)cc2)c(OC)c1. The predicted molar refractivity (Wildman–Crippen MR) is 131 cm³/mol. The summed E-state index contributed by atoms with van der Waals surface area (Å²) in [5.74, 6) is 0.318. The second kappa shape index (κ2) is 12.2. The summed E-state index contributed by atoms with van der Waals surface area (Å²) in [7, 11) is 3.02. The number of allylic oxidation sites excluding steroid dienone is 1. The molecule has 3 N–H and O–H groups in total. The molecule has 11 nitrogen and oxygen atoms in total. The zero-order valence-corrected chi connectivity index (χ0v) is 20.4. The molecule has 2 aromatic rings. The normalized spacial score (nSPS) is 15.1. The Labute approximate surface area is 208 Å². The number of hydrogen-bond acceptors (Lipinski definition) is 8. The van der Waals surface area contributed by atoms with Crippen molar-refractivity contribution in [2.45, 2.75) is 19.9 Å². The van der Waals surface area contributed by atoms with Crippen molar-refractivity contribution < 1.29 is 33.3 Å². The van der Waals surface area contributed by atoms with E-state index in [9.17, 15) is 14.4 Å². The summed E-state index contributed by atoms with van der Waals surface area (Å²) in [5.41, 5.74) is 4.42. The predicted octanol–water partition coefficient (Wildman–Crippen LogP) is 2.42. The minimum absolute atomic E-state index is 0.193. The highest BCUT2D eigenvalue weighted by Gasteiger charge is 2.32. The van der Waals surface area contributed by atoms with Gasteiger partial charge in [-0.2, -0.15) is 5.10 Å². The Morgan fingerprint density at radius 2 is 1.83 bits per heavy atom. The number of ether oxygens (including phenoxy) is 4. The topological polar surface area (TPSA) is 137 Å². The number of carbonyl (C=O) groups excluding carboxylic acids is 3. The molecule has 0 unspecified atom stereocenters. The molecule has 0 fully saturated rings. The van der Waals surface area contributed by atoms with Crippen LogP contribution in [0, 0.1) is 0 Å². The maximum absolute atomic E-state index is 12.5. The lowest BCUT2D eigenvalue weighted by Gasteiger charge is -2.28. The molecule has 0 saturated carbocycles. The van der Waals surface area contributed by atoms with Gasteiger partial charge in [0.25, 0.3) is 5.91 Å². The molecule has 36 heavy (non-hydrogen) atoms. The van der Waals surface area contributed by atoms with E-state index in [1.165, 1.54) is 13.3 Å². The molecule has 0 bridgehead atoms. The van der Waals surface area contributed by atoms with Gasteiger partial charge >= 0.3 is 12.0 Å². The number of esters is 1. The molecule has 0 spiro atoms. The lowest BCUT2D eigenvalue weighted by molar-refractivity contribution is -0.139. The van der Waals surface area contributed by atoms with Crippen molar-refractivity contribution in [2.75, 3.05) is 27.4 Å². The van der Waals surface area contributed by atoms with Crippen molar-refractivity contribution in [2.24, 2.45) is 5.10 Å². The van der Waals surface area contributed by atoms with E-state index in [2.05, 4.69) is 21.2 Å². The first kappa shape index (κ1) is 26.1. The fourth-order valence-electron chi connectivity index (χ4n) is 3.45. The molecule has 1 atom stereocenters. The summed E-state index contributed by atoms with van der Waals surface area (Å²) in [6, 6.07) is 10.8. The molecule has 190 valence electrons. The van der Waals surface area contributed by atoms with E-state index in [0.29, 0.717) is 22.8 Å². The second-order valence-electron chi connectivity index (χ2n) is 7.56. The Morgan fingerprint density at radius 1 is 1.08 bits per heavy atom. The van der Waals surface area contributed by atoms with Gasteiger partial charge < -0.3 is 29.6 Å². The first-order valence-electron chi connectivity index (χ1n) is 11.1. The van der Waals surface area contributed by atoms with Crippen LogP contribution in [0.5, 0.6) is 17.2 Å². The number of nitrogens with zero attached hydrogens (tertiary/aromatic N) is 1. The average Bonchev–Trinajstić information content (AvgIpc) is 2.87. The average molecular weight is 497 g/mol. The molecule has 0 aliphatic carbocycles. The van der Waals surface area contributed by atoms with Crippen molar-refractivity contribution in [3.63, 3.8) is 0 Å². The maximum Gasteiger partial charge on any atom is 0.338 e. The van der Waals surface area contributed by atoms with Crippen LogP contribution in [0.1, 0.15) is 31.0 Å². The molecular weight excluding hydrogens is 468 g/mol. The van der Waals surface area contributed by atoms with Crippen LogP contribution in [0.3, 0.4) is 0 Å². The highest BCUT2D eigenvalue weighted by Crippen LogP contribution is 2.34. The highest BCUT2D eigenvalue weighted by atomic mass is 16.5. The van der Waals surface area contributed by atoms with E-state index in [1.54, 1.807) is 63.4 Å². The Balaban J connectivity index is 1.67. The van der Waals surface area contributed by atoms with E-state index in [0.717, 1.165) is 11.3 Å². The van der Waals surface area contributed by atoms with Crippen molar-refractivity contribution in [1.82, 2.24) is 16.1 Å². The Kier molecular flexibility index (Phi) is 8.87. The largest absolute Gasteiger partial charge is 0.497 e. The second-order valence-corrected chi connectivity index (χ2v) is 7.56. The number of rotatable bonds is 10. The lowest BCUT2D eigenvalue weighted by atomic mass is 9.95. The third-order valence-corrected chi connectivity index (χ3v) is 5.16. The van der Waals surface area contributed by atoms with Gasteiger partial charge in [-0.3, -0.25) is 4.79 Å². The summed E-state index contributed by atoms with van der Waals surface area (Å²) in [6.07, 6.45) is 1.50. The monoisotopic (exact) mass is 496 g/mol. The summed E-state index contributed by atoms with van der Waals surface area (Å²) in [6.45, 7) is 3.21. The van der Waals surface area contributed by atoms with Gasteiger partial charge in [0, 0.05) is 5.70 Å². The fourth-order valence-corrected chi connectivity index (χ4v) is 3.45. The molecule has 3 rings (SSSR count). The number of hydrogen-bond donors (Lipinski definition) is 3. The van der Waals surface area contributed by atoms with Gasteiger partial charge in [0.05, 0.1) is 38.7 Å². The number of nitrogens with one attached hydrogen (secondary N) is 3. The summed E-state index contributed by atoms with van der Waals surface area (Å²) < 4.78 is 21.2. The Morgan fingerprint density at radius 3 is 2.50 bits per heavy atom. The Bertz CT molecular complexity index is 1180.